The highest BCUT2D eigenvalue weighted by Crippen LogP contribution is 2.32. The lowest BCUT2D eigenvalue weighted by Gasteiger charge is -2.14. The Balaban J connectivity index is 2.01. The van der Waals surface area contributed by atoms with E-state index < -0.39 is 18.5 Å². The first kappa shape index (κ1) is 26.3. The van der Waals surface area contributed by atoms with E-state index in [1.165, 1.54) is 23.5 Å². The second kappa shape index (κ2) is 12.4. The summed E-state index contributed by atoms with van der Waals surface area (Å²) in [7, 11) is 0. The maximum atomic E-state index is 14.1. The molecule has 12 heteroatoms. The molecule has 188 valence electrons. The Bertz CT molecular complexity index is 1140. The van der Waals surface area contributed by atoms with Gasteiger partial charge in [0.15, 0.2) is 5.13 Å². The zero-order valence-corrected chi connectivity index (χ0v) is 20.6. The van der Waals surface area contributed by atoms with Crippen LogP contribution in [0.4, 0.5) is 20.3 Å². The molecule has 0 saturated carbocycles. The molecule has 1 atom stereocenters. The van der Waals surface area contributed by atoms with Crippen molar-refractivity contribution in [2.45, 2.75) is 39.5 Å². The first-order valence-electron chi connectivity index (χ1n) is 11.2. The summed E-state index contributed by atoms with van der Waals surface area (Å²) in [6.45, 7) is 6.02. The van der Waals surface area contributed by atoms with Crippen molar-refractivity contribution < 1.29 is 19.4 Å². The summed E-state index contributed by atoms with van der Waals surface area (Å²) in [5.41, 5.74) is 2.23. The van der Waals surface area contributed by atoms with E-state index in [9.17, 15) is 14.3 Å². The van der Waals surface area contributed by atoms with E-state index >= 15 is 0 Å². The highest BCUT2D eigenvalue weighted by Gasteiger charge is 2.16. The summed E-state index contributed by atoms with van der Waals surface area (Å²) in [5.74, 6) is -0.212. The largest absolute Gasteiger partial charge is 0.394 e. The number of halogens is 1. The number of benzene rings is 1. The van der Waals surface area contributed by atoms with Gasteiger partial charge in [0, 0.05) is 37.4 Å². The van der Waals surface area contributed by atoms with Crippen LogP contribution in [0.15, 0.2) is 30.5 Å². The van der Waals surface area contributed by atoms with Gasteiger partial charge in [0.2, 0.25) is 5.95 Å². The Hall–Kier alpha value is -3.35. The SMILES string of the molecule is CCNC(=O)NCc1cc(F)ccc1-c1cc(-c2cnc(NC(C)C)s2)nc(NC[C@@H](O)CO)n1. The van der Waals surface area contributed by atoms with E-state index in [2.05, 4.69) is 36.2 Å². The van der Waals surface area contributed by atoms with Gasteiger partial charge in [-0.05, 0) is 50.6 Å². The average molecular weight is 504 g/mol. The van der Waals surface area contributed by atoms with E-state index in [4.69, 9.17) is 5.11 Å². The van der Waals surface area contributed by atoms with Crippen molar-refractivity contribution in [3.8, 4) is 21.8 Å². The topological polar surface area (TPSA) is 144 Å². The molecule has 35 heavy (non-hydrogen) atoms. The van der Waals surface area contributed by atoms with Gasteiger partial charge in [-0.2, -0.15) is 0 Å². The van der Waals surface area contributed by atoms with Crippen molar-refractivity contribution in [1.82, 2.24) is 25.6 Å². The van der Waals surface area contributed by atoms with Gasteiger partial charge in [0.1, 0.15) is 5.82 Å². The maximum Gasteiger partial charge on any atom is 0.315 e. The number of hydrogen-bond donors (Lipinski definition) is 6. The Kier molecular flexibility index (Phi) is 9.29. The molecule has 2 aromatic heterocycles. The van der Waals surface area contributed by atoms with Crippen LogP contribution in [0.2, 0.25) is 0 Å². The first-order chi connectivity index (χ1) is 16.8. The zero-order valence-electron chi connectivity index (χ0n) is 19.8. The van der Waals surface area contributed by atoms with Crippen molar-refractivity contribution >= 4 is 28.4 Å². The van der Waals surface area contributed by atoms with Crippen LogP contribution in [-0.2, 0) is 6.54 Å². The second-order valence-corrected chi connectivity index (χ2v) is 9.05. The molecule has 0 unspecified atom stereocenters. The minimum atomic E-state index is -0.987. The third kappa shape index (κ3) is 7.57. The number of amides is 2. The monoisotopic (exact) mass is 503 g/mol. The lowest BCUT2D eigenvalue weighted by Crippen LogP contribution is -2.34. The van der Waals surface area contributed by atoms with Gasteiger partial charge in [-0.3, -0.25) is 0 Å². The molecule has 0 aliphatic heterocycles. The predicted octanol–water partition coefficient (Wildman–Crippen LogP) is 2.81. The summed E-state index contributed by atoms with van der Waals surface area (Å²) < 4.78 is 14.1. The number of aliphatic hydroxyl groups excluding tert-OH is 2. The number of carbonyl (C=O) groups excluding carboxylic acids is 1. The third-order valence-corrected chi connectivity index (χ3v) is 5.67. The van der Waals surface area contributed by atoms with Gasteiger partial charge in [-0.1, -0.05) is 11.3 Å². The number of carbonyl (C=O) groups is 1. The molecule has 2 heterocycles. The lowest BCUT2D eigenvalue weighted by atomic mass is 10.0. The van der Waals surface area contributed by atoms with Gasteiger partial charge >= 0.3 is 6.03 Å². The quantitative estimate of drug-likeness (QED) is 0.234. The number of hydrogen-bond acceptors (Lipinski definition) is 9. The van der Waals surface area contributed by atoms with Crippen LogP contribution in [0.1, 0.15) is 26.3 Å². The fourth-order valence-electron chi connectivity index (χ4n) is 3.13. The van der Waals surface area contributed by atoms with Gasteiger partial charge in [0.25, 0.3) is 0 Å². The molecule has 1 aromatic carbocycles. The third-order valence-electron chi connectivity index (χ3n) is 4.72. The van der Waals surface area contributed by atoms with E-state index in [1.807, 2.05) is 13.8 Å². The Morgan fingerprint density at radius 2 is 1.94 bits per heavy atom. The molecule has 0 radical (unpaired) electrons. The smallest absolute Gasteiger partial charge is 0.315 e. The van der Waals surface area contributed by atoms with Crippen LogP contribution in [0.3, 0.4) is 0 Å². The minimum Gasteiger partial charge on any atom is -0.394 e. The number of thiazole rings is 1. The highest BCUT2D eigenvalue weighted by molar-refractivity contribution is 7.18. The summed E-state index contributed by atoms with van der Waals surface area (Å²) >= 11 is 1.43. The van der Waals surface area contributed by atoms with Crippen molar-refractivity contribution in [3.05, 3.63) is 41.8 Å². The minimum absolute atomic E-state index is 0.0389. The molecule has 3 rings (SSSR count). The summed E-state index contributed by atoms with van der Waals surface area (Å²) in [6.07, 6.45) is 0.717. The molecular formula is C23H30FN7O3S. The molecule has 6 N–H and O–H groups in total. The number of aliphatic hydroxyl groups is 2. The van der Waals surface area contributed by atoms with E-state index in [-0.39, 0.29) is 31.1 Å². The van der Waals surface area contributed by atoms with Crippen LogP contribution in [0.25, 0.3) is 21.8 Å². The lowest BCUT2D eigenvalue weighted by molar-refractivity contribution is 0.105. The van der Waals surface area contributed by atoms with Gasteiger partial charge in [-0.25, -0.2) is 24.1 Å². The number of nitrogens with zero attached hydrogens (tertiary/aromatic N) is 3. The fraction of sp³-hybridized carbons (Fsp3) is 0.391. The van der Waals surface area contributed by atoms with Crippen LogP contribution in [-0.4, -0.2) is 63.0 Å². The molecule has 0 bridgehead atoms. The molecule has 0 fully saturated rings. The summed E-state index contributed by atoms with van der Waals surface area (Å²) in [6, 6.07) is 5.90. The molecule has 0 saturated heterocycles. The van der Waals surface area contributed by atoms with Crippen LogP contribution in [0, 0.1) is 5.82 Å². The molecule has 3 aromatic rings. The molecule has 10 nitrogen and oxygen atoms in total. The maximum absolute atomic E-state index is 14.1. The van der Waals surface area contributed by atoms with Crippen LogP contribution >= 0.6 is 11.3 Å². The van der Waals surface area contributed by atoms with Crippen molar-refractivity contribution in [2.75, 3.05) is 30.3 Å². The molecular weight excluding hydrogens is 473 g/mol. The van der Waals surface area contributed by atoms with Crippen molar-refractivity contribution in [2.24, 2.45) is 0 Å². The summed E-state index contributed by atoms with van der Waals surface area (Å²) in [4.78, 5) is 26.2. The average Bonchev–Trinajstić information content (AvgIpc) is 3.29. The Morgan fingerprint density at radius 3 is 2.66 bits per heavy atom. The van der Waals surface area contributed by atoms with E-state index in [0.29, 0.717) is 29.1 Å². The van der Waals surface area contributed by atoms with Gasteiger partial charge in [0.05, 0.1) is 29.0 Å². The zero-order chi connectivity index (χ0) is 25.4. The van der Waals surface area contributed by atoms with Gasteiger partial charge < -0.3 is 31.5 Å². The van der Waals surface area contributed by atoms with Crippen LogP contribution < -0.4 is 21.3 Å². The summed E-state index contributed by atoms with van der Waals surface area (Å²) in [5, 5.41) is 31.2. The normalized spacial score (nSPS) is 11.9. The molecule has 0 aliphatic carbocycles. The van der Waals surface area contributed by atoms with E-state index in [1.54, 1.807) is 25.3 Å². The molecule has 0 spiro atoms. The number of urea groups is 1. The number of aromatic nitrogens is 3. The van der Waals surface area contributed by atoms with Crippen molar-refractivity contribution in [3.63, 3.8) is 0 Å². The molecule has 0 aliphatic rings. The van der Waals surface area contributed by atoms with Crippen molar-refractivity contribution in [1.29, 1.82) is 0 Å². The van der Waals surface area contributed by atoms with E-state index in [0.717, 1.165) is 10.0 Å². The molecule has 2 amide bonds. The number of rotatable bonds is 11. The number of anilines is 2. The fourth-order valence-corrected chi connectivity index (χ4v) is 4.05. The Labute approximate surface area is 207 Å². The van der Waals surface area contributed by atoms with Gasteiger partial charge in [-0.15, -0.1) is 0 Å². The highest BCUT2D eigenvalue weighted by atomic mass is 32.1. The second-order valence-electron chi connectivity index (χ2n) is 8.02. The standard InChI is InChI=1S/C23H30FN7O3S/c1-4-25-22(34)27-9-14-7-15(24)5-6-17(14)18-8-19(20-11-28-23(35-20)29-13(2)3)31-21(30-18)26-10-16(33)12-32/h5-8,11,13,16,32-33H,4,9-10,12H2,1-3H3,(H,28,29)(H2,25,27,34)(H,26,30,31)/t16-/m1/s1. The first-order valence-corrected chi connectivity index (χ1v) is 12.1. The van der Waals surface area contributed by atoms with Crippen LogP contribution in [0.5, 0.6) is 0 Å². The predicted molar refractivity (Wildman–Crippen MR) is 135 cm³/mol. The number of nitrogens with one attached hydrogen (secondary N) is 4. The Morgan fingerprint density at radius 1 is 1.17 bits per heavy atom.